The predicted octanol–water partition coefficient (Wildman–Crippen LogP) is 4.13. The maximum atomic E-state index is 13.1. The molecule has 0 spiro atoms. The molecule has 0 bridgehead atoms. The van der Waals surface area contributed by atoms with Gasteiger partial charge in [0.25, 0.3) is 0 Å². The number of hydrogen-bond donors (Lipinski definition) is 1. The average molecular weight is 387 g/mol. The Bertz CT molecular complexity index is 791. The average Bonchev–Trinajstić information content (AvgIpc) is 2.64. The van der Waals surface area contributed by atoms with Crippen molar-refractivity contribution in [3.63, 3.8) is 0 Å². The molecule has 1 N–H and O–H groups in total. The maximum Gasteiger partial charge on any atom is 0.242 e. The minimum Gasteiger partial charge on any atom is -0.354 e. The van der Waals surface area contributed by atoms with E-state index in [1.165, 1.54) is 0 Å². The quantitative estimate of drug-likeness (QED) is 0.741. The molecule has 0 heterocycles. The summed E-state index contributed by atoms with van der Waals surface area (Å²) in [6.45, 7) is 6.64. The van der Waals surface area contributed by atoms with E-state index in [2.05, 4.69) is 5.32 Å². The van der Waals surface area contributed by atoms with E-state index in [-0.39, 0.29) is 18.2 Å². The van der Waals surface area contributed by atoms with E-state index in [0.29, 0.717) is 18.1 Å². The Kier molecular flexibility index (Phi) is 7.86. The van der Waals surface area contributed by atoms with Crippen LogP contribution in [0.5, 0.6) is 0 Å². The summed E-state index contributed by atoms with van der Waals surface area (Å²) in [7, 11) is 0. The van der Waals surface area contributed by atoms with E-state index in [4.69, 9.17) is 11.6 Å². The summed E-state index contributed by atoms with van der Waals surface area (Å²) in [5.41, 5.74) is 2.86. The SMILES string of the molecule is CCCNC(=O)[C@H](C)N(Cc1ccccc1Cl)C(=O)Cc1cccc(C)c1. The monoisotopic (exact) mass is 386 g/mol. The van der Waals surface area contributed by atoms with E-state index >= 15 is 0 Å². The van der Waals surface area contributed by atoms with Crippen LogP contribution in [0, 0.1) is 6.92 Å². The summed E-state index contributed by atoms with van der Waals surface area (Å²) in [6, 6.07) is 14.7. The molecule has 0 saturated carbocycles. The summed E-state index contributed by atoms with van der Waals surface area (Å²) < 4.78 is 0. The van der Waals surface area contributed by atoms with Crippen LogP contribution < -0.4 is 5.32 Å². The van der Waals surface area contributed by atoms with Gasteiger partial charge in [-0.2, -0.15) is 0 Å². The number of nitrogens with zero attached hydrogens (tertiary/aromatic N) is 1. The number of carbonyl (C=O) groups excluding carboxylic acids is 2. The molecule has 4 nitrogen and oxygen atoms in total. The van der Waals surface area contributed by atoms with Crippen molar-refractivity contribution >= 4 is 23.4 Å². The first-order valence-corrected chi connectivity index (χ1v) is 9.66. The lowest BCUT2D eigenvalue weighted by Gasteiger charge is -2.29. The Morgan fingerprint density at radius 3 is 2.56 bits per heavy atom. The van der Waals surface area contributed by atoms with Gasteiger partial charge in [0.05, 0.1) is 6.42 Å². The van der Waals surface area contributed by atoms with Gasteiger partial charge in [-0.15, -0.1) is 0 Å². The highest BCUT2D eigenvalue weighted by atomic mass is 35.5. The van der Waals surface area contributed by atoms with Crippen molar-refractivity contribution in [1.29, 1.82) is 0 Å². The smallest absolute Gasteiger partial charge is 0.242 e. The Morgan fingerprint density at radius 1 is 1.15 bits per heavy atom. The van der Waals surface area contributed by atoms with Gasteiger partial charge in [-0.1, -0.05) is 66.6 Å². The first-order chi connectivity index (χ1) is 12.9. The summed E-state index contributed by atoms with van der Waals surface area (Å²) in [6.07, 6.45) is 1.09. The number of aryl methyl sites for hydroxylation is 1. The summed E-state index contributed by atoms with van der Waals surface area (Å²) >= 11 is 6.28. The number of rotatable bonds is 8. The standard InChI is InChI=1S/C22H27ClN2O2/c1-4-12-24-22(27)17(3)25(15-19-10-5-6-11-20(19)23)21(26)14-18-9-7-8-16(2)13-18/h5-11,13,17H,4,12,14-15H2,1-3H3,(H,24,27)/t17-/m0/s1. The van der Waals surface area contributed by atoms with Crippen molar-refractivity contribution in [1.82, 2.24) is 10.2 Å². The zero-order valence-corrected chi connectivity index (χ0v) is 16.9. The Labute approximate surface area is 166 Å². The third-order valence-electron chi connectivity index (χ3n) is 4.45. The summed E-state index contributed by atoms with van der Waals surface area (Å²) in [5, 5.41) is 3.46. The van der Waals surface area contributed by atoms with Crippen molar-refractivity contribution in [2.45, 2.75) is 46.2 Å². The molecule has 0 radical (unpaired) electrons. The van der Waals surface area contributed by atoms with Crippen molar-refractivity contribution in [2.24, 2.45) is 0 Å². The van der Waals surface area contributed by atoms with Gasteiger partial charge < -0.3 is 10.2 Å². The highest BCUT2D eigenvalue weighted by Crippen LogP contribution is 2.19. The fourth-order valence-corrected chi connectivity index (χ4v) is 3.08. The molecule has 0 fully saturated rings. The van der Waals surface area contributed by atoms with Gasteiger partial charge in [-0.05, 0) is 37.5 Å². The Hall–Kier alpha value is -2.33. The maximum absolute atomic E-state index is 13.1. The molecule has 0 saturated heterocycles. The lowest BCUT2D eigenvalue weighted by Crippen LogP contribution is -2.48. The highest BCUT2D eigenvalue weighted by Gasteiger charge is 2.26. The molecule has 1 atom stereocenters. The second-order valence-electron chi connectivity index (χ2n) is 6.75. The van der Waals surface area contributed by atoms with Crippen molar-refractivity contribution in [3.8, 4) is 0 Å². The summed E-state index contributed by atoms with van der Waals surface area (Å²) in [5.74, 6) is -0.249. The molecular weight excluding hydrogens is 360 g/mol. The molecule has 0 aromatic heterocycles. The molecule has 0 aliphatic heterocycles. The van der Waals surface area contributed by atoms with E-state index in [1.807, 2.05) is 56.3 Å². The molecule has 2 aromatic rings. The van der Waals surface area contributed by atoms with Gasteiger partial charge in [0.2, 0.25) is 11.8 Å². The van der Waals surface area contributed by atoms with Crippen molar-refractivity contribution in [3.05, 3.63) is 70.2 Å². The van der Waals surface area contributed by atoms with Gasteiger partial charge >= 0.3 is 0 Å². The third-order valence-corrected chi connectivity index (χ3v) is 4.82. The zero-order valence-electron chi connectivity index (χ0n) is 16.2. The lowest BCUT2D eigenvalue weighted by atomic mass is 10.1. The Balaban J connectivity index is 2.23. The topological polar surface area (TPSA) is 49.4 Å². The first kappa shape index (κ1) is 21.0. The van der Waals surface area contributed by atoms with Crippen LogP contribution in [0.15, 0.2) is 48.5 Å². The van der Waals surface area contributed by atoms with Crippen molar-refractivity contribution < 1.29 is 9.59 Å². The Morgan fingerprint density at radius 2 is 1.89 bits per heavy atom. The molecule has 2 amide bonds. The van der Waals surface area contributed by atoms with Crippen LogP contribution >= 0.6 is 11.6 Å². The summed E-state index contributed by atoms with van der Waals surface area (Å²) in [4.78, 5) is 27.2. The molecular formula is C22H27ClN2O2. The highest BCUT2D eigenvalue weighted by molar-refractivity contribution is 6.31. The second kappa shape index (κ2) is 10.1. The molecule has 144 valence electrons. The van der Waals surface area contributed by atoms with Gasteiger partial charge in [-0.25, -0.2) is 0 Å². The second-order valence-corrected chi connectivity index (χ2v) is 7.15. The molecule has 0 unspecified atom stereocenters. The van der Waals surface area contributed by atoms with Crippen LogP contribution in [-0.2, 0) is 22.6 Å². The lowest BCUT2D eigenvalue weighted by molar-refractivity contribution is -0.140. The number of benzene rings is 2. The first-order valence-electron chi connectivity index (χ1n) is 9.28. The van der Waals surface area contributed by atoms with E-state index in [9.17, 15) is 9.59 Å². The van der Waals surface area contributed by atoms with E-state index in [0.717, 1.165) is 23.1 Å². The number of hydrogen-bond acceptors (Lipinski definition) is 2. The number of amides is 2. The van der Waals surface area contributed by atoms with E-state index in [1.54, 1.807) is 17.9 Å². The van der Waals surface area contributed by atoms with Crippen LogP contribution in [0.4, 0.5) is 0 Å². The van der Waals surface area contributed by atoms with Gasteiger partial charge in [-0.3, -0.25) is 9.59 Å². The number of carbonyl (C=O) groups is 2. The molecule has 0 aliphatic carbocycles. The fraction of sp³-hybridized carbons (Fsp3) is 0.364. The van der Waals surface area contributed by atoms with Gasteiger partial charge in [0.15, 0.2) is 0 Å². The predicted molar refractivity (Wildman–Crippen MR) is 110 cm³/mol. The largest absolute Gasteiger partial charge is 0.354 e. The molecule has 0 aliphatic rings. The van der Waals surface area contributed by atoms with Crippen molar-refractivity contribution in [2.75, 3.05) is 6.54 Å². The molecule has 27 heavy (non-hydrogen) atoms. The van der Waals surface area contributed by atoms with Crippen LogP contribution in [0.1, 0.15) is 37.0 Å². The van der Waals surface area contributed by atoms with Crippen LogP contribution in [0.3, 0.4) is 0 Å². The zero-order chi connectivity index (χ0) is 19.8. The minimum atomic E-state index is -0.579. The third kappa shape index (κ3) is 6.10. The normalized spacial score (nSPS) is 11.7. The molecule has 2 rings (SSSR count). The van der Waals surface area contributed by atoms with Crippen LogP contribution in [0.25, 0.3) is 0 Å². The molecule has 5 heteroatoms. The number of nitrogens with one attached hydrogen (secondary N) is 1. The van der Waals surface area contributed by atoms with Crippen LogP contribution in [-0.4, -0.2) is 29.3 Å². The van der Waals surface area contributed by atoms with E-state index < -0.39 is 6.04 Å². The number of halogens is 1. The van der Waals surface area contributed by atoms with Gasteiger partial charge in [0, 0.05) is 18.1 Å². The molecule has 2 aromatic carbocycles. The minimum absolute atomic E-state index is 0.0975. The van der Waals surface area contributed by atoms with Gasteiger partial charge in [0.1, 0.15) is 6.04 Å². The fourth-order valence-electron chi connectivity index (χ4n) is 2.89. The van der Waals surface area contributed by atoms with Crippen LogP contribution in [0.2, 0.25) is 5.02 Å².